The predicted molar refractivity (Wildman–Crippen MR) is 68.4 cm³/mol. The number of hydrogen-bond acceptors (Lipinski definition) is 5. The van der Waals surface area contributed by atoms with E-state index in [4.69, 9.17) is 5.11 Å². The van der Waals surface area contributed by atoms with E-state index in [0.717, 1.165) is 0 Å². The van der Waals surface area contributed by atoms with Gasteiger partial charge in [0.15, 0.2) is 0 Å². The molecular formula is C11H16N4O4S. The lowest BCUT2D eigenvalue weighted by Gasteiger charge is -2.15. The number of aliphatic carboxylic acids is 1. The molecule has 1 aromatic rings. The highest BCUT2D eigenvalue weighted by Gasteiger charge is 2.47. The zero-order chi connectivity index (χ0) is 14.3. The number of carbonyl (C=O) groups is 1. The fourth-order valence-electron chi connectivity index (χ4n) is 2.77. The van der Waals surface area contributed by atoms with Crippen LogP contribution in [0.5, 0.6) is 0 Å². The van der Waals surface area contributed by atoms with Crippen molar-refractivity contribution in [3.63, 3.8) is 0 Å². The number of aromatic amines is 1. The van der Waals surface area contributed by atoms with Gasteiger partial charge >= 0.3 is 5.97 Å². The third kappa shape index (κ3) is 2.42. The Labute approximate surface area is 116 Å². The molecule has 1 aliphatic carbocycles. The molecule has 1 aromatic heterocycles. The Kier molecular flexibility index (Phi) is 3.25. The quantitative estimate of drug-likeness (QED) is 0.777. The van der Waals surface area contributed by atoms with Crippen LogP contribution in [0.15, 0.2) is 6.20 Å². The molecule has 2 heterocycles. The molecule has 110 valence electrons. The minimum absolute atomic E-state index is 0.0613. The number of sulfonamides is 1. The highest BCUT2D eigenvalue weighted by molar-refractivity contribution is 7.90. The fraction of sp³-hybridized carbons (Fsp3) is 0.727. The molecule has 2 aliphatic rings. The molecular weight excluding hydrogens is 284 g/mol. The van der Waals surface area contributed by atoms with Crippen LogP contribution in [0.3, 0.4) is 0 Å². The molecule has 20 heavy (non-hydrogen) atoms. The van der Waals surface area contributed by atoms with Crippen LogP contribution in [0.2, 0.25) is 0 Å². The molecule has 0 spiro atoms. The van der Waals surface area contributed by atoms with Gasteiger partial charge in [-0.25, -0.2) is 12.7 Å². The molecule has 2 N–H and O–H groups in total. The number of nitrogens with one attached hydrogen (secondary N) is 1. The first-order valence-electron chi connectivity index (χ1n) is 6.55. The molecule has 0 aromatic carbocycles. The number of carboxylic acids is 1. The van der Waals surface area contributed by atoms with Crippen LogP contribution in [0.1, 0.15) is 30.9 Å². The second-order valence-corrected chi connectivity index (χ2v) is 7.63. The van der Waals surface area contributed by atoms with Crippen LogP contribution in [0, 0.1) is 5.92 Å². The summed E-state index contributed by atoms with van der Waals surface area (Å²) >= 11 is 0. The molecule has 0 radical (unpaired) electrons. The Morgan fingerprint density at radius 3 is 2.75 bits per heavy atom. The van der Waals surface area contributed by atoms with Crippen LogP contribution in [-0.4, -0.2) is 57.5 Å². The molecule has 8 nitrogen and oxygen atoms in total. The summed E-state index contributed by atoms with van der Waals surface area (Å²) in [5.74, 6) is -1.39. The van der Waals surface area contributed by atoms with Gasteiger partial charge in [-0.3, -0.25) is 4.79 Å². The first-order chi connectivity index (χ1) is 9.48. The van der Waals surface area contributed by atoms with Gasteiger partial charge in [0.2, 0.25) is 10.0 Å². The van der Waals surface area contributed by atoms with Crippen molar-refractivity contribution < 1.29 is 18.3 Å². The van der Waals surface area contributed by atoms with Crippen molar-refractivity contribution in [2.45, 2.75) is 30.4 Å². The van der Waals surface area contributed by atoms with E-state index in [-0.39, 0.29) is 30.1 Å². The minimum Gasteiger partial charge on any atom is -0.481 e. The van der Waals surface area contributed by atoms with Gasteiger partial charge in [0.1, 0.15) is 0 Å². The molecule has 1 saturated carbocycles. The number of aromatic nitrogens is 3. The predicted octanol–water partition coefficient (Wildman–Crippen LogP) is -0.213. The monoisotopic (exact) mass is 300 g/mol. The van der Waals surface area contributed by atoms with E-state index in [1.165, 1.54) is 10.5 Å². The maximum Gasteiger partial charge on any atom is 0.303 e. The second kappa shape index (κ2) is 4.81. The lowest BCUT2D eigenvalue weighted by Crippen LogP contribution is -2.32. The van der Waals surface area contributed by atoms with Gasteiger partial charge in [0.05, 0.1) is 23.6 Å². The van der Waals surface area contributed by atoms with Crippen LogP contribution in [0.4, 0.5) is 0 Å². The Balaban J connectivity index is 1.83. The van der Waals surface area contributed by atoms with Crippen LogP contribution in [-0.2, 0) is 14.8 Å². The van der Waals surface area contributed by atoms with Crippen molar-refractivity contribution in [1.29, 1.82) is 0 Å². The number of nitrogens with zero attached hydrogens (tertiary/aromatic N) is 3. The summed E-state index contributed by atoms with van der Waals surface area (Å²) in [6.07, 6.45) is 2.88. The largest absolute Gasteiger partial charge is 0.481 e. The van der Waals surface area contributed by atoms with Gasteiger partial charge < -0.3 is 5.11 Å². The highest BCUT2D eigenvalue weighted by Crippen LogP contribution is 2.39. The maximum atomic E-state index is 12.3. The third-order valence-corrected chi connectivity index (χ3v) is 6.30. The first kappa shape index (κ1) is 13.5. The standard InChI is InChI=1S/C11H16N4O4S/c16-11(17)3-7-5-15(20(18,19)8-1-2-8)6-9(7)10-4-12-14-13-10/h4,7-9H,1-3,5-6H2,(H,16,17)(H,12,13,14)/t7-,9+/m1/s1. The van der Waals surface area contributed by atoms with Crippen molar-refractivity contribution in [2.75, 3.05) is 13.1 Å². The smallest absolute Gasteiger partial charge is 0.303 e. The summed E-state index contributed by atoms with van der Waals surface area (Å²) in [4.78, 5) is 11.0. The van der Waals surface area contributed by atoms with Crippen LogP contribution < -0.4 is 0 Å². The van der Waals surface area contributed by atoms with Gasteiger partial charge in [0, 0.05) is 19.0 Å². The molecule has 0 unspecified atom stereocenters. The summed E-state index contributed by atoms with van der Waals surface area (Å²) in [5.41, 5.74) is 0.629. The summed E-state index contributed by atoms with van der Waals surface area (Å²) < 4.78 is 26.0. The van der Waals surface area contributed by atoms with Gasteiger partial charge in [-0.1, -0.05) is 0 Å². The number of H-pyrrole nitrogens is 1. The molecule has 1 saturated heterocycles. The van der Waals surface area contributed by atoms with Crippen molar-refractivity contribution >= 4 is 16.0 Å². The lowest BCUT2D eigenvalue weighted by molar-refractivity contribution is -0.138. The second-order valence-electron chi connectivity index (χ2n) is 5.42. The summed E-state index contributed by atoms with van der Waals surface area (Å²) in [6, 6.07) is 0. The average molecular weight is 300 g/mol. The van der Waals surface area contributed by atoms with E-state index in [2.05, 4.69) is 15.4 Å². The van der Waals surface area contributed by atoms with Gasteiger partial charge in [-0.15, -0.1) is 0 Å². The van der Waals surface area contributed by atoms with E-state index in [1.54, 1.807) is 0 Å². The van der Waals surface area contributed by atoms with Gasteiger partial charge in [-0.05, 0) is 18.8 Å². The topological polar surface area (TPSA) is 116 Å². The Hall–Kier alpha value is -1.48. The molecule has 0 bridgehead atoms. The minimum atomic E-state index is -3.28. The summed E-state index contributed by atoms with van der Waals surface area (Å²) in [7, 11) is -3.28. The van der Waals surface area contributed by atoms with E-state index in [1.807, 2.05) is 0 Å². The molecule has 9 heteroatoms. The van der Waals surface area contributed by atoms with Crippen molar-refractivity contribution in [3.8, 4) is 0 Å². The number of rotatable bonds is 5. The average Bonchev–Trinajstić information content (AvgIpc) is 2.95. The normalized spacial score (nSPS) is 27.8. The van der Waals surface area contributed by atoms with E-state index in [0.29, 0.717) is 25.1 Å². The summed E-state index contributed by atoms with van der Waals surface area (Å²) in [6.45, 7) is 0.548. The third-order valence-electron chi connectivity index (χ3n) is 3.96. The molecule has 2 atom stereocenters. The van der Waals surface area contributed by atoms with Crippen LogP contribution >= 0.6 is 0 Å². The van der Waals surface area contributed by atoms with E-state index < -0.39 is 16.0 Å². The van der Waals surface area contributed by atoms with Crippen molar-refractivity contribution in [2.24, 2.45) is 5.92 Å². The Morgan fingerprint density at radius 1 is 1.45 bits per heavy atom. The summed E-state index contributed by atoms with van der Waals surface area (Å²) in [5, 5.41) is 18.9. The number of carboxylic acid groups (broad SMARTS) is 1. The van der Waals surface area contributed by atoms with E-state index >= 15 is 0 Å². The van der Waals surface area contributed by atoms with E-state index in [9.17, 15) is 13.2 Å². The highest BCUT2D eigenvalue weighted by atomic mass is 32.2. The lowest BCUT2D eigenvalue weighted by atomic mass is 9.91. The zero-order valence-corrected chi connectivity index (χ0v) is 11.6. The Morgan fingerprint density at radius 2 is 2.20 bits per heavy atom. The Bertz CT molecular complexity index is 596. The molecule has 3 rings (SSSR count). The number of hydrogen-bond donors (Lipinski definition) is 2. The zero-order valence-electron chi connectivity index (χ0n) is 10.8. The van der Waals surface area contributed by atoms with Gasteiger partial charge in [0.25, 0.3) is 0 Å². The fourth-order valence-corrected chi connectivity index (χ4v) is 4.69. The van der Waals surface area contributed by atoms with Crippen molar-refractivity contribution in [3.05, 3.63) is 11.9 Å². The first-order valence-corrected chi connectivity index (χ1v) is 8.05. The van der Waals surface area contributed by atoms with Crippen molar-refractivity contribution in [1.82, 2.24) is 19.7 Å². The SMILES string of the molecule is O=C(O)C[C@@H]1CN(S(=O)(=O)C2CC2)C[C@@H]1c1cn[nH]n1. The van der Waals surface area contributed by atoms with Gasteiger partial charge in [-0.2, -0.15) is 15.4 Å². The maximum absolute atomic E-state index is 12.3. The molecule has 2 fully saturated rings. The molecule has 1 aliphatic heterocycles. The van der Waals surface area contributed by atoms with Crippen LogP contribution in [0.25, 0.3) is 0 Å². The molecule has 0 amide bonds.